The summed E-state index contributed by atoms with van der Waals surface area (Å²) in [6.07, 6.45) is 1.97. The predicted octanol–water partition coefficient (Wildman–Crippen LogP) is 1.86. The predicted molar refractivity (Wildman–Crippen MR) is 76.0 cm³/mol. The molecule has 2 aromatic rings. The molecule has 3 N–H and O–H groups in total. The molecule has 1 aliphatic heterocycles. The van der Waals surface area contributed by atoms with Crippen LogP contribution in [-0.2, 0) is 11.2 Å². The van der Waals surface area contributed by atoms with Gasteiger partial charge in [0.15, 0.2) is 0 Å². The number of piperidine rings is 1. The Morgan fingerprint density at radius 1 is 1.24 bits per heavy atom. The summed E-state index contributed by atoms with van der Waals surface area (Å²) in [7, 11) is 0. The second kappa shape index (κ2) is 5.81. The maximum atomic E-state index is 13.6. The van der Waals surface area contributed by atoms with Crippen molar-refractivity contribution < 1.29 is 13.6 Å². The third-order valence-electron chi connectivity index (χ3n) is 3.76. The molecule has 1 saturated heterocycles. The normalized spacial score (nSPS) is 16.3. The van der Waals surface area contributed by atoms with Gasteiger partial charge in [-0.15, -0.1) is 0 Å². The molecule has 0 radical (unpaired) electrons. The molecule has 0 bridgehead atoms. The van der Waals surface area contributed by atoms with Crippen molar-refractivity contribution in [3.63, 3.8) is 0 Å². The van der Waals surface area contributed by atoms with Gasteiger partial charge in [0.25, 0.3) is 0 Å². The highest BCUT2D eigenvalue weighted by Gasteiger charge is 2.16. The number of halogens is 2. The molecular formula is C15H17F2N3O. The van der Waals surface area contributed by atoms with Crippen LogP contribution in [0.3, 0.4) is 0 Å². The molecule has 3 rings (SSSR count). The number of amides is 1. The van der Waals surface area contributed by atoms with E-state index in [1.165, 1.54) is 6.07 Å². The van der Waals surface area contributed by atoms with E-state index in [2.05, 4.69) is 15.6 Å². The van der Waals surface area contributed by atoms with Crippen molar-refractivity contribution in [3.05, 3.63) is 35.5 Å². The van der Waals surface area contributed by atoms with Gasteiger partial charge in [0, 0.05) is 23.2 Å². The maximum absolute atomic E-state index is 13.6. The molecule has 1 fully saturated rings. The summed E-state index contributed by atoms with van der Waals surface area (Å²) < 4.78 is 26.7. The minimum atomic E-state index is -0.632. The third-order valence-corrected chi connectivity index (χ3v) is 3.76. The highest BCUT2D eigenvalue weighted by molar-refractivity contribution is 5.84. The zero-order valence-corrected chi connectivity index (χ0v) is 11.5. The fourth-order valence-electron chi connectivity index (χ4n) is 2.73. The van der Waals surface area contributed by atoms with Gasteiger partial charge in [0.05, 0.1) is 11.9 Å². The lowest BCUT2D eigenvalue weighted by atomic mass is 10.1. The minimum Gasteiger partial charge on any atom is -0.358 e. The Bertz CT molecular complexity index is 662. The number of hydrogen-bond acceptors (Lipinski definition) is 2. The zero-order chi connectivity index (χ0) is 14.8. The number of aromatic amines is 1. The molecule has 0 atom stereocenters. The Balaban J connectivity index is 1.69. The monoisotopic (exact) mass is 293 g/mol. The summed E-state index contributed by atoms with van der Waals surface area (Å²) in [5, 5.41) is 6.51. The number of benzene rings is 1. The molecule has 6 heteroatoms. The summed E-state index contributed by atoms with van der Waals surface area (Å²) in [6, 6.07) is 3.82. The minimum absolute atomic E-state index is 0.102. The van der Waals surface area contributed by atoms with E-state index in [9.17, 15) is 13.6 Å². The fraction of sp³-hybridized carbons (Fsp3) is 0.400. The van der Waals surface area contributed by atoms with Gasteiger partial charge in [-0.1, -0.05) is 0 Å². The average molecular weight is 293 g/mol. The molecule has 0 saturated carbocycles. The Labute approximate surface area is 120 Å². The van der Waals surface area contributed by atoms with Crippen LogP contribution in [0, 0.1) is 11.6 Å². The molecular weight excluding hydrogens is 276 g/mol. The molecule has 1 amide bonds. The molecule has 1 aromatic carbocycles. The van der Waals surface area contributed by atoms with Gasteiger partial charge in [-0.3, -0.25) is 4.79 Å². The summed E-state index contributed by atoms with van der Waals surface area (Å²) in [4.78, 5) is 14.9. The van der Waals surface area contributed by atoms with Gasteiger partial charge in [0.1, 0.15) is 11.6 Å². The van der Waals surface area contributed by atoms with Crippen molar-refractivity contribution in [2.24, 2.45) is 0 Å². The summed E-state index contributed by atoms with van der Waals surface area (Å²) in [6.45, 7) is 1.81. The van der Waals surface area contributed by atoms with Crippen molar-refractivity contribution in [2.45, 2.75) is 25.3 Å². The Morgan fingerprint density at radius 3 is 2.76 bits per heavy atom. The van der Waals surface area contributed by atoms with Gasteiger partial charge < -0.3 is 15.6 Å². The van der Waals surface area contributed by atoms with E-state index in [1.54, 1.807) is 6.07 Å². The molecule has 0 aliphatic carbocycles. The van der Waals surface area contributed by atoms with Crippen molar-refractivity contribution in [1.82, 2.24) is 15.6 Å². The van der Waals surface area contributed by atoms with E-state index in [4.69, 9.17) is 0 Å². The topological polar surface area (TPSA) is 56.9 Å². The molecule has 2 heterocycles. The van der Waals surface area contributed by atoms with Gasteiger partial charge in [-0.2, -0.15) is 0 Å². The van der Waals surface area contributed by atoms with Crippen LogP contribution in [0.5, 0.6) is 0 Å². The van der Waals surface area contributed by atoms with Crippen LogP contribution in [0.25, 0.3) is 10.9 Å². The SMILES string of the molecule is O=C(Cc1cc2c(F)cc(F)cc2[nH]1)NC1CCNCC1. The highest BCUT2D eigenvalue weighted by atomic mass is 19.1. The number of aromatic nitrogens is 1. The fourth-order valence-corrected chi connectivity index (χ4v) is 2.73. The van der Waals surface area contributed by atoms with E-state index in [1.807, 2.05) is 0 Å². The number of nitrogens with one attached hydrogen (secondary N) is 3. The van der Waals surface area contributed by atoms with Crippen LogP contribution in [-0.4, -0.2) is 30.0 Å². The number of H-pyrrole nitrogens is 1. The Morgan fingerprint density at radius 2 is 2.00 bits per heavy atom. The molecule has 4 nitrogen and oxygen atoms in total. The van der Waals surface area contributed by atoms with Gasteiger partial charge in [-0.25, -0.2) is 8.78 Å². The second-order valence-corrected chi connectivity index (χ2v) is 5.41. The first-order chi connectivity index (χ1) is 10.1. The first-order valence-corrected chi connectivity index (χ1v) is 7.08. The third kappa shape index (κ3) is 3.21. The zero-order valence-electron chi connectivity index (χ0n) is 11.5. The number of carbonyl (C=O) groups is 1. The van der Waals surface area contributed by atoms with Gasteiger partial charge in [-0.05, 0) is 38.1 Å². The number of rotatable bonds is 3. The molecule has 1 aromatic heterocycles. The van der Waals surface area contributed by atoms with Crippen LogP contribution in [0.2, 0.25) is 0 Å². The van der Waals surface area contributed by atoms with Crippen molar-refractivity contribution in [3.8, 4) is 0 Å². The first-order valence-electron chi connectivity index (χ1n) is 7.08. The molecule has 112 valence electrons. The lowest BCUT2D eigenvalue weighted by Gasteiger charge is -2.23. The highest BCUT2D eigenvalue weighted by Crippen LogP contribution is 2.20. The van der Waals surface area contributed by atoms with Crippen molar-refractivity contribution in [1.29, 1.82) is 0 Å². The van der Waals surface area contributed by atoms with E-state index < -0.39 is 11.6 Å². The quantitative estimate of drug-likeness (QED) is 0.809. The van der Waals surface area contributed by atoms with Gasteiger partial charge in [0.2, 0.25) is 5.91 Å². The second-order valence-electron chi connectivity index (χ2n) is 5.41. The summed E-state index contributed by atoms with van der Waals surface area (Å²) >= 11 is 0. The molecule has 1 aliphatic rings. The summed E-state index contributed by atoms with van der Waals surface area (Å²) in [5.41, 5.74) is 0.957. The maximum Gasteiger partial charge on any atom is 0.226 e. The van der Waals surface area contributed by atoms with Crippen LogP contribution in [0.4, 0.5) is 8.78 Å². The largest absolute Gasteiger partial charge is 0.358 e. The first kappa shape index (κ1) is 14.0. The van der Waals surface area contributed by atoms with E-state index in [0.717, 1.165) is 32.0 Å². The lowest BCUT2D eigenvalue weighted by Crippen LogP contribution is -2.43. The Kier molecular flexibility index (Phi) is 3.88. The van der Waals surface area contributed by atoms with Crippen LogP contribution in [0.1, 0.15) is 18.5 Å². The molecule has 0 spiro atoms. The lowest BCUT2D eigenvalue weighted by molar-refractivity contribution is -0.121. The standard InChI is InChI=1S/C15H17F2N3O/c16-9-5-13(17)12-7-11(19-14(12)6-9)8-15(21)20-10-1-3-18-4-2-10/h5-7,10,18-19H,1-4,8H2,(H,20,21). The van der Waals surface area contributed by atoms with E-state index in [0.29, 0.717) is 16.6 Å². The van der Waals surface area contributed by atoms with Crippen LogP contribution < -0.4 is 10.6 Å². The number of carbonyl (C=O) groups excluding carboxylic acids is 1. The van der Waals surface area contributed by atoms with E-state index in [-0.39, 0.29) is 18.4 Å². The van der Waals surface area contributed by atoms with Crippen LogP contribution in [0.15, 0.2) is 18.2 Å². The number of hydrogen-bond donors (Lipinski definition) is 3. The average Bonchev–Trinajstić information content (AvgIpc) is 2.82. The van der Waals surface area contributed by atoms with Gasteiger partial charge >= 0.3 is 0 Å². The molecule has 21 heavy (non-hydrogen) atoms. The van der Waals surface area contributed by atoms with Crippen molar-refractivity contribution in [2.75, 3.05) is 13.1 Å². The number of fused-ring (bicyclic) bond motifs is 1. The van der Waals surface area contributed by atoms with E-state index >= 15 is 0 Å². The van der Waals surface area contributed by atoms with Crippen LogP contribution >= 0.6 is 0 Å². The summed E-state index contributed by atoms with van der Waals surface area (Å²) in [5.74, 6) is -1.35. The smallest absolute Gasteiger partial charge is 0.226 e. The van der Waals surface area contributed by atoms with Crippen molar-refractivity contribution >= 4 is 16.8 Å². The Hall–Kier alpha value is -1.95. The molecule has 0 unspecified atom stereocenters.